The zero-order valence-corrected chi connectivity index (χ0v) is 14.3. The van der Waals surface area contributed by atoms with Crippen LogP contribution < -0.4 is 5.73 Å². The van der Waals surface area contributed by atoms with Crippen LogP contribution in [0, 0.1) is 0 Å². The highest BCUT2D eigenvalue weighted by Crippen LogP contribution is 2.28. The molecule has 22 heavy (non-hydrogen) atoms. The van der Waals surface area contributed by atoms with Crippen molar-refractivity contribution in [3.8, 4) is 0 Å². The summed E-state index contributed by atoms with van der Waals surface area (Å²) in [5.41, 5.74) is 5.27. The average molecular weight is 366 g/mol. The molecule has 0 saturated carbocycles. The molecule has 1 fully saturated rings. The Bertz CT molecular complexity index is 673. The topological polar surface area (TPSA) is 83.7 Å². The molecule has 1 amide bonds. The highest BCUT2D eigenvalue weighted by atomic mass is 35.5. The summed E-state index contributed by atoms with van der Waals surface area (Å²) in [6.45, 7) is 3.11. The van der Waals surface area contributed by atoms with E-state index >= 15 is 0 Å². The van der Waals surface area contributed by atoms with Crippen molar-refractivity contribution in [2.45, 2.75) is 17.9 Å². The molecule has 0 spiro atoms. The van der Waals surface area contributed by atoms with Crippen molar-refractivity contribution in [2.75, 3.05) is 26.2 Å². The molecule has 1 aliphatic heterocycles. The van der Waals surface area contributed by atoms with Gasteiger partial charge in [-0.25, -0.2) is 8.42 Å². The minimum absolute atomic E-state index is 0.00179. The number of primary amides is 1. The first kappa shape index (κ1) is 17.5. The van der Waals surface area contributed by atoms with Gasteiger partial charge in [0.2, 0.25) is 15.9 Å². The molecule has 6 nitrogen and oxygen atoms in total. The van der Waals surface area contributed by atoms with Crippen molar-refractivity contribution in [3.05, 3.63) is 28.2 Å². The summed E-state index contributed by atoms with van der Waals surface area (Å²) in [5.74, 6) is -0.422. The Morgan fingerprint density at radius 2 is 1.82 bits per heavy atom. The molecule has 122 valence electrons. The van der Waals surface area contributed by atoms with Crippen molar-refractivity contribution in [1.82, 2.24) is 9.21 Å². The number of piperazine rings is 1. The maximum absolute atomic E-state index is 12.6. The Balaban J connectivity index is 2.16. The van der Waals surface area contributed by atoms with Gasteiger partial charge >= 0.3 is 0 Å². The molecule has 0 bridgehead atoms. The first-order valence-electron chi connectivity index (χ1n) is 6.72. The van der Waals surface area contributed by atoms with E-state index in [1.165, 1.54) is 22.5 Å². The maximum Gasteiger partial charge on any atom is 0.244 e. The first-order chi connectivity index (χ1) is 10.2. The highest BCUT2D eigenvalue weighted by molar-refractivity contribution is 7.89. The number of benzene rings is 1. The van der Waals surface area contributed by atoms with Gasteiger partial charge in [-0.3, -0.25) is 9.69 Å². The van der Waals surface area contributed by atoms with Gasteiger partial charge in [0.25, 0.3) is 0 Å². The summed E-state index contributed by atoms with van der Waals surface area (Å²) >= 11 is 11.8. The molecule has 0 aliphatic carbocycles. The van der Waals surface area contributed by atoms with E-state index in [2.05, 4.69) is 0 Å². The summed E-state index contributed by atoms with van der Waals surface area (Å²) in [6.07, 6.45) is 0. The maximum atomic E-state index is 12.6. The van der Waals surface area contributed by atoms with Crippen molar-refractivity contribution < 1.29 is 13.2 Å². The number of hydrogen-bond donors (Lipinski definition) is 1. The average Bonchev–Trinajstić information content (AvgIpc) is 2.48. The Labute approximate surface area is 139 Å². The standard InChI is InChI=1S/C13H17Cl2N3O3S/c1-9(13(16)19)17-4-6-18(7-5-17)22(20,21)12-8-10(14)2-3-11(12)15/h2-3,8-9H,4-7H2,1H3,(H2,16,19). The number of nitrogens with two attached hydrogens (primary N) is 1. The molecule has 1 aromatic rings. The normalized spacial score (nSPS) is 19.0. The highest BCUT2D eigenvalue weighted by Gasteiger charge is 2.32. The van der Waals surface area contributed by atoms with Crippen molar-refractivity contribution in [1.29, 1.82) is 0 Å². The summed E-state index contributed by atoms with van der Waals surface area (Å²) in [4.78, 5) is 13.1. The Morgan fingerprint density at radius 3 is 2.36 bits per heavy atom. The predicted octanol–water partition coefficient (Wildman–Crippen LogP) is 1.17. The molecule has 9 heteroatoms. The van der Waals surface area contributed by atoms with Crippen LogP contribution in [0.2, 0.25) is 10.0 Å². The quantitative estimate of drug-likeness (QED) is 0.867. The Kier molecular flexibility index (Phi) is 5.34. The van der Waals surface area contributed by atoms with Crippen LogP contribution >= 0.6 is 23.2 Å². The molecule has 1 aromatic carbocycles. The lowest BCUT2D eigenvalue weighted by Crippen LogP contribution is -2.54. The number of hydrogen-bond acceptors (Lipinski definition) is 4. The Morgan fingerprint density at radius 1 is 1.23 bits per heavy atom. The fourth-order valence-electron chi connectivity index (χ4n) is 2.33. The van der Waals surface area contributed by atoms with Gasteiger partial charge in [-0.15, -0.1) is 0 Å². The largest absolute Gasteiger partial charge is 0.368 e. The second kappa shape index (κ2) is 6.72. The first-order valence-corrected chi connectivity index (χ1v) is 8.91. The van der Waals surface area contributed by atoms with E-state index in [9.17, 15) is 13.2 Å². The molecule has 1 unspecified atom stereocenters. The van der Waals surface area contributed by atoms with Crippen LogP contribution in [0.25, 0.3) is 0 Å². The van der Waals surface area contributed by atoms with E-state index in [1.807, 2.05) is 4.90 Å². The number of carbonyl (C=O) groups is 1. The molecule has 2 rings (SSSR count). The molecular formula is C13H17Cl2N3O3S. The zero-order valence-electron chi connectivity index (χ0n) is 12.0. The number of rotatable bonds is 4. The number of amides is 1. The third-order valence-electron chi connectivity index (χ3n) is 3.74. The van der Waals surface area contributed by atoms with Crippen molar-refractivity contribution in [3.63, 3.8) is 0 Å². The van der Waals surface area contributed by atoms with Gasteiger partial charge in [-0.1, -0.05) is 23.2 Å². The zero-order chi connectivity index (χ0) is 16.5. The van der Waals surface area contributed by atoms with E-state index in [1.54, 1.807) is 6.92 Å². The summed E-state index contributed by atoms with van der Waals surface area (Å²) < 4.78 is 26.6. The van der Waals surface area contributed by atoms with Crippen LogP contribution in [0.3, 0.4) is 0 Å². The number of carbonyl (C=O) groups excluding carboxylic acids is 1. The van der Waals surface area contributed by atoms with Crippen LogP contribution in [0.4, 0.5) is 0 Å². The lowest BCUT2D eigenvalue weighted by atomic mass is 10.2. The SMILES string of the molecule is CC(C(N)=O)N1CCN(S(=O)(=O)c2cc(Cl)ccc2Cl)CC1. The molecule has 1 heterocycles. The van der Waals surface area contributed by atoms with E-state index in [4.69, 9.17) is 28.9 Å². The molecule has 0 aromatic heterocycles. The van der Waals surface area contributed by atoms with Gasteiger partial charge in [-0.2, -0.15) is 4.31 Å². The monoisotopic (exact) mass is 365 g/mol. The number of sulfonamides is 1. The van der Waals surface area contributed by atoms with Crippen LogP contribution in [0.1, 0.15) is 6.92 Å². The van der Waals surface area contributed by atoms with Crippen LogP contribution in [0.15, 0.2) is 23.1 Å². The molecular weight excluding hydrogens is 349 g/mol. The lowest BCUT2D eigenvalue weighted by molar-refractivity contribution is -0.123. The van der Waals surface area contributed by atoms with Crippen LogP contribution in [-0.2, 0) is 14.8 Å². The Hall–Kier alpha value is -0.860. The molecule has 1 saturated heterocycles. The smallest absolute Gasteiger partial charge is 0.244 e. The fourth-order valence-corrected chi connectivity index (χ4v) is 4.48. The van der Waals surface area contributed by atoms with E-state index in [-0.39, 0.29) is 23.0 Å². The van der Waals surface area contributed by atoms with Crippen LogP contribution in [0.5, 0.6) is 0 Å². The predicted molar refractivity (Wildman–Crippen MR) is 85.5 cm³/mol. The molecule has 1 atom stereocenters. The summed E-state index contributed by atoms with van der Waals surface area (Å²) in [5, 5.41) is 0.446. The van der Waals surface area contributed by atoms with E-state index in [0.717, 1.165) is 0 Å². The second-order valence-corrected chi connectivity index (χ2v) is 7.84. The number of halogens is 2. The number of nitrogens with zero attached hydrogens (tertiary/aromatic N) is 2. The minimum Gasteiger partial charge on any atom is -0.368 e. The van der Waals surface area contributed by atoms with Gasteiger partial charge in [0, 0.05) is 31.2 Å². The van der Waals surface area contributed by atoms with Gasteiger partial charge < -0.3 is 5.73 Å². The van der Waals surface area contributed by atoms with Gasteiger partial charge in [0.15, 0.2) is 0 Å². The molecule has 2 N–H and O–H groups in total. The van der Waals surface area contributed by atoms with Gasteiger partial charge in [0.05, 0.1) is 11.1 Å². The van der Waals surface area contributed by atoms with Gasteiger partial charge in [-0.05, 0) is 25.1 Å². The van der Waals surface area contributed by atoms with Crippen molar-refractivity contribution >= 4 is 39.1 Å². The van der Waals surface area contributed by atoms with E-state index in [0.29, 0.717) is 18.1 Å². The third kappa shape index (κ3) is 3.55. The van der Waals surface area contributed by atoms with Gasteiger partial charge in [0.1, 0.15) is 4.90 Å². The fraction of sp³-hybridized carbons (Fsp3) is 0.462. The lowest BCUT2D eigenvalue weighted by Gasteiger charge is -2.36. The molecule has 0 radical (unpaired) electrons. The second-order valence-electron chi connectivity index (χ2n) is 5.09. The van der Waals surface area contributed by atoms with Crippen LogP contribution in [-0.4, -0.2) is 55.8 Å². The summed E-state index contributed by atoms with van der Waals surface area (Å²) in [7, 11) is -3.71. The van der Waals surface area contributed by atoms with E-state index < -0.39 is 22.0 Å². The third-order valence-corrected chi connectivity index (χ3v) is 6.36. The van der Waals surface area contributed by atoms with Crippen molar-refractivity contribution in [2.24, 2.45) is 5.73 Å². The summed E-state index contributed by atoms with van der Waals surface area (Å²) in [6, 6.07) is 3.93. The molecule has 1 aliphatic rings. The minimum atomic E-state index is -3.71.